The van der Waals surface area contributed by atoms with E-state index < -0.39 is 11.7 Å². The van der Waals surface area contributed by atoms with Gasteiger partial charge in [-0.2, -0.15) is 5.26 Å². The van der Waals surface area contributed by atoms with E-state index in [9.17, 15) is 14.9 Å². The SMILES string of the molecule is CSc1ccc([C@H]2C(C#N)=C(N)OC3=C2C(=O)c2ccccc2C3=O)cc1. The Morgan fingerprint density at radius 3 is 2.26 bits per heavy atom. The third kappa shape index (κ3) is 2.56. The highest BCUT2D eigenvalue weighted by atomic mass is 32.2. The van der Waals surface area contributed by atoms with E-state index in [1.165, 1.54) is 0 Å². The number of hydrogen-bond donors (Lipinski definition) is 1. The van der Waals surface area contributed by atoms with Crippen molar-refractivity contribution in [2.24, 2.45) is 5.73 Å². The lowest BCUT2D eigenvalue weighted by Crippen LogP contribution is -2.32. The number of ether oxygens (including phenoxy) is 1. The number of benzene rings is 2. The van der Waals surface area contributed by atoms with Gasteiger partial charge in [0.2, 0.25) is 11.7 Å². The van der Waals surface area contributed by atoms with Crippen LogP contribution in [0.15, 0.2) is 76.2 Å². The highest BCUT2D eigenvalue weighted by Crippen LogP contribution is 2.44. The predicted molar refractivity (Wildman–Crippen MR) is 101 cm³/mol. The van der Waals surface area contributed by atoms with Crippen LogP contribution in [0.3, 0.4) is 0 Å². The van der Waals surface area contributed by atoms with E-state index in [4.69, 9.17) is 10.5 Å². The van der Waals surface area contributed by atoms with Gasteiger partial charge in [0.25, 0.3) is 0 Å². The third-order valence-corrected chi connectivity index (χ3v) is 5.48. The summed E-state index contributed by atoms with van der Waals surface area (Å²) in [5.74, 6) is -1.69. The molecule has 0 unspecified atom stereocenters. The lowest BCUT2D eigenvalue weighted by atomic mass is 9.75. The number of Topliss-reactive ketones (excluding diaryl/α,β-unsaturated/α-hetero) is 2. The molecule has 1 aliphatic carbocycles. The Kier molecular flexibility index (Phi) is 4.09. The summed E-state index contributed by atoms with van der Waals surface area (Å²) >= 11 is 1.59. The molecule has 1 aliphatic heterocycles. The number of nitrogens with two attached hydrogens (primary N) is 1. The molecule has 27 heavy (non-hydrogen) atoms. The molecule has 2 aliphatic rings. The standard InChI is InChI=1S/C21H14N2O3S/c1-27-12-8-6-11(7-9-12)16-15(10-22)21(23)26-20-17(16)18(24)13-4-2-3-5-14(13)19(20)25/h2-9,16H,23H2,1H3/t16-/m0/s1. The molecule has 0 spiro atoms. The fraction of sp³-hybridized carbons (Fsp3) is 0.0952. The van der Waals surface area contributed by atoms with Gasteiger partial charge in [-0.1, -0.05) is 36.4 Å². The van der Waals surface area contributed by atoms with Gasteiger partial charge in [-0.3, -0.25) is 9.59 Å². The minimum Gasteiger partial charge on any atom is -0.436 e. The molecule has 2 aromatic rings. The molecule has 0 aromatic heterocycles. The Balaban J connectivity index is 1.94. The highest BCUT2D eigenvalue weighted by Gasteiger charge is 2.43. The summed E-state index contributed by atoms with van der Waals surface area (Å²) in [6.45, 7) is 0. The van der Waals surface area contributed by atoms with Gasteiger partial charge in [0, 0.05) is 16.0 Å². The van der Waals surface area contributed by atoms with Crippen molar-refractivity contribution < 1.29 is 14.3 Å². The molecular formula is C21H14N2O3S. The summed E-state index contributed by atoms with van der Waals surface area (Å²) in [5, 5.41) is 9.64. The lowest BCUT2D eigenvalue weighted by Gasteiger charge is -2.30. The van der Waals surface area contributed by atoms with Crippen molar-refractivity contribution in [1.29, 1.82) is 5.26 Å². The van der Waals surface area contributed by atoms with Crippen LogP contribution in [0.25, 0.3) is 0 Å². The molecule has 0 radical (unpaired) electrons. The molecule has 5 nitrogen and oxygen atoms in total. The quantitative estimate of drug-likeness (QED) is 0.808. The molecular weight excluding hydrogens is 360 g/mol. The first-order chi connectivity index (χ1) is 13.1. The van der Waals surface area contributed by atoms with Gasteiger partial charge in [0.1, 0.15) is 11.6 Å². The van der Waals surface area contributed by atoms with Crippen LogP contribution in [-0.4, -0.2) is 17.8 Å². The Hall–Kier alpha value is -3.30. The second-order valence-electron chi connectivity index (χ2n) is 6.14. The molecule has 0 amide bonds. The van der Waals surface area contributed by atoms with Crippen LogP contribution in [0.5, 0.6) is 0 Å². The molecule has 4 rings (SSSR count). The van der Waals surface area contributed by atoms with Gasteiger partial charge in [0.05, 0.1) is 11.5 Å². The van der Waals surface area contributed by atoms with Crippen molar-refractivity contribution in [1.82, 2.24) is 0 Å². The smallest absolute Gasteiger partial charge is 0.229 e. The largest absolute Gasteiger partial charge is 0.436 e. The summed E-state index contributed by atoms with van der Waals surface area (Å²) in [5.41, 5.74) is 7.55. The molecule has 6 heteroatoms. The van der Waals surface area contributed by atoms with Crippen LogP contribution in [-0.2, 0) is 4.74 Å². The van der Waals surface area contributed by atoms with Crippen molar-refractivity contribution in [3.8, 4) is 6.07 Å². The number of nitriles is 1. The highest BCUT2D eigenvalue weighted by molar-refractivity contribution is 7.98. The van der Waals surface area contributed by atoms with E-state index in [0.29, 0.717) is 11.1 Å². The Labute approximate surface area is 160 Å². The van der Waals surface area contributed by atoms with E-state index in [-0.39, 0.29) is 34.1 Å². The molecule has 0 saturated heterocycles. The molecule has 0 bridgehead atoms. The zero-order chi connectivity index (χ0) is 19.1. The molecule has 0 fully saturated rings. The zero-order valence-electron chi connectivity index (χ0n) is 14.4. The number of ketones is 2. The van der Waals surface area contributed by atoms with Gasteiger partial charge >= 0.3 is 0 Å². The maximum absolute atomic E-state index is 13.2. The van der Waals surface area contributed by atoms with Crippen molar-refractivity contribution in [3.05, 3.63) is 88.0 Å². The maximum Gasteiger partial charge on any atom is 0.229 e. The molecule has 2 N–H and O–H groups in total. The number of carbonyl (C=O) groups is 2. The average molecular weight is 374 g/mol. The van der Waals surface area contributed by atoms with Crippen molar-refractivity contribution in [3.63, 3.8) is 0 Å². The summed E-state index contributed by atoms with van der Waals surface area (Å²) in [6.07, 6.45) is 1.96. The third-order valence-electron chi connectivity index (χ3n) is 4.74. The minimum absolute atomic E-state index is 0.0888. The fourth-order valence-electron chi connectivity index (χ4n) is 3.44. The average Bonchev–Trinajstić information content (AvgIpc) is 2.71. The fourth-order valence-corrected chi connectivity index (χ4v) is 3.84. The van der Waals surface area contributed by atoms with Gasteiger partial charge in [-0.15, -0.1) is 11.8 Å². The Morgan fingerprint density at radius 2 is 1.67 bits per heavy atom. The number of allylic oxidation sites excluding steroid dienone is 3. The molecule has 132 valence electrons. The van der Waals surface area contributed by atoms with Gasteiger partial charge in [-0.25, -0.2) is 0 Å². The monoisotopic (exact) mass is 374 g/mol. The van der Waals surface area contributed by atoms with E-state index in [1.54, 1.807) is 36.0 Å². The first kappa shape index (κ1) is 17.1. The second kappa shape index (κ2) is 6.45. The van der Waals surface area contributed by atoms with Crippen LogP contribution >= 0.6 is 11.8 Å². The second-order valence-corrected chi connectivity index (χ2v) is 7.02. The van der Waals surface area contributed by atoms with E-state index in [2.05, 4.69) is 0 Å². The van der Waals surface area contributed by atoms with E-state index in [0.717, 1.165) is 4.90 Å². The van der Waals surface area contributed by atoms with Crippen LogP contribution in [0.4, 0.5) is 0 Å². The predicted octanol–water partition coefficient (Wildman–Crippen LogP) is 3.55. The summed E-state index contributed by atoms with van der Waals surface area (Å²) in [4.78, 5) is 27.2. The van der Waals surface area contributed by atoms with Crippen LogP contribution in [0.1, 0.15) is 32.2 Å². The minimum atomic E-state index is -0.737. The number of nitrogens with zero attached hydrogens (tertiary/aromatic N) is 1. The van der Waals surface area contributed by atoms with Gasteiger partial charge in [-0.05, 0) is 24.0 Å². The van der Waals surface area contributed by atoms with Crippen LogP contribution in [0.2, 0.25) is 0 Å². The Bertz CT molecular complexity index is 1090. The van der Waals surface area contributed by atoms with E-state index in [1.807, 2.05) is 36.6 Å². The van der Waals surface area contributed by atoms with Crippen molar-refractivity contribution in [2.45, 2.75) is 10.8 Å². The molecule has 1 atom stereocenters. The van der Waals surface area contributed by atoms with Crippen molar-refractivity contribution in [2.75, 3.05) is 6.26 Å². The van der Waals surface area contributed by atoms with E-state index >= 15 is 0 Å². The molecule has 2 aromatic carbocycles. The van der Waals surface area contributed by atoms with Gasteiger partial charge < -0.3 is 10.5 Å². The zero-order valence-corrected chi connectivity index (χ0v) is 15.2. The topological polar surface area (TPSA) is 93.2 Å². The lowest BCUT2D eigenvalue weighted by molar-refractivity contribution is 0.0897. The Morgan fingerprint density at radius 1 is 1.04 bits per heavy atom. The summed E-state index contributed by atoms with van der Waals surface area (Å²) in [7, 11) is 0. The van der Waals surface area contributed by atoms with Gasteiger partial charge in [0.15, 0.2) is 11.5 Å². The van der Waals surface area contributed by atoms with Crippen LogP contribution < -0.4 is 5.73 Å². The number of hydrogen-bond acceptors (Lipinski definition) is 6. The first-order valence-corrected chi connectivity index (χ1v) is 9.43. The van der Waals surface area contributed by atoms with Crippen LogP contribution in [0, 0.1) is 11.3 Å². The summed E-state index contributed by atoms with van der Waals surface area (Å²) < 4.78 is 5.47. The number of fused-ring (bicyclic) bond motifs is 1. The molecule has 0 saturated carbocycles. The normalized spacial score (nSPS) is 18.6. The number of carbonyl (C=O) groups excluding carboxylic acids is 2. The first-order valence-electron chi connectivity index (χ1n) is 8.21. The van der Waals surface area contributed by atoms with Crippen molar-refractivity contribution >= 4 is 23.3 Å². The number of rotatable bonds is 2. The summed E-state index contributed by atoms with van der Waals surface area (Å²) in [6, 6.07) is 16.1. The number of thioether (sulfide) groups is 1. The maximum atomic E-state index is 13.2. The molecule has 1 heterocycles.